The maximum absolute atomic E-state index is 13.3. The topological polar surface area (TPSA) is 46.5 Å². The van der Waals surface area contributed by atoms with Crippen molar-refractivity contribution in [3.05, 3.63) is 80.7 Å². The van der Waals surface area contributed by atoms with Crippen LogP contribution in [-0.2, 0) is 21.6 Å². The van der Waals surface area contributed by atoms with Crippen LogP contribution in [0.3, 0.4) is 0 Å². The van der Waals surface area contributed by atoms with E-state index < -0.39 is 11.6 Å². The van der Waals surface area contributed by atoms with E-state index in [2.05, 4.69) is 37.4 Å². The standard InChI is InChI=1S/C25H30NO3S2/c1-26(15-5-11-20-9-3-2-4-10-20)16-6-12-21(19-26)29-24(27)25(28,22-13-7-17-30-22)23-14-8-18-31-23/h2-4,7-10,13-14,17-18,21,28H,5-6,11-12,15-16,19H2,1H3/q+1/t21-,26?/m1/s1. The molecular weight excluding hydrogens is 426 g/mol. The van der Waals surface area contributed by atoms with Crippen molar-refractivity contribution in [3.63, 3.8) is 0 Å². The minimum atomic E-state index is -1.73. The molecule has 3 aromatic rings. The number of rotatable bonds is 8. The summed E-state index contributed by atoms with van der Waals surface area (Å²) in [7, 11) is 2.26. The van der Waals surface area contributed by atoms with E-state index in [0.29, 0.717) is 9.75 Å². The highest BCUT2D eigenvalue weighted by atomic mass is 32.1. The first-order valence-electron chi connectivity index (χ1n) is 10.9. The molecule has 0 radical (unpaired) electrons. The fraction of sp³-hybridized carbons (Fsp3) is 0.400. The van der Waals surface area contributed by atoms with Crippen LogP contribution in [0, 0.1) is 0 Å². The van der Waals surface area contributed by atoms with Gasteiger partial charge in [-0.15, -0.1) is 22.7 Å². The van der Waals surface area contributed by atoms with Crippen LogP contribution in [0.4, 0.5) is 0 Å². The van der Waals surface area contributed by atoms with Gasteiger partial charge in [-0.3, -0.25) is 0 Å². The number of hydrogen-bond acceptors (Lipinski definition) is 5. The van der Waals surface area contributed by atoms with Crippen LogP contribution in [0.25, 0.3) is 0 Å². The summed E-state index contributed by atoms with van der Waals surface area (Å²) in [6, 6.07) is 17.9. The lowest BCUT2D eigenvalue weighted by atomic mass is 9.99. The molecule has 4 rings (SSSR count). The third-order valence-corrected chi connectivity index (χ3v) is 8.16. The average molecular weight is 457 g/mol. The van der Waals surface area contributed by atoms with Gasteiger partial charge in [0, 0.05) is 12.8 Å². The van der Waals surface area contributed by atoms with Crippen LogP contribution in [0.15, 0.2) is 65.4 Å². The van der Waals surface area contributed by atoms with Crippen molar-refractivity contribution in [1.29, 1.82) is 0 Å². The van der Waals surface area contributed by atoms with E-state index in [-0.39, 0.29) is 6.10 Å². The molecule has 1 aliphatic rings. The predicted octanol–water partition coefficient (Wildman–Crippen LogP) is 4.83. The number of ether oxygens (including phenoxy) is 1. The molecule has 6 heteroatoms. The molecule has 0 saturated carbocycles. The zero-order valence-corrected chi connectivity index (χ0v) is 19.5. The second-order valence-electron chi connectivity index (χ2n) is 8.67. The van der Waals surface area contributed by atoms with Gasteiger partial charge in [0.25, 0.3) is 0 Å². The molecule has 1 N–H and O–H groups in total. The number of thiophene rings is 2. The van der Waals surface area contributed by atoms with Crippen LogP contribution < -0.4 is 0 Å². The van der Waals surface area contributed by atoms with Gasteiger partial charge in [0.2, 0.25) is 5.60 Å². The molecule has 0 aliphatic carbocycles. The van der Waals surface area contributed by atoms with Gasteiger partial charge in [0.1, 0.15) is 6.54 Å². The third-order valence-electron chi connectivity index (χ3n) is 6.20. The summed E-state index contributed by atoms with van der Waals surface area (Å²) in [5.41, 5.74) is -0.359. The monoisotopic (exact) mass is 456 g/mol. The van der Waals surface area contributed by atoms with Crippen molar-refractivity contribution in [2.24, 2.45) is 0 Å². The number of carbonyl (C=O) groups is 1. The summed E-state index contributed by atoms with van der Waals surface area (Å²) in [6.45, 7) is 2.96. The molecule has 1 aliphatic heterocycles. The fourth-order valence-corrected chi connectivity index (χ4v) is 6.23. The highest BCUT2D eigenvalue weighted by molar-refractivity contribution is 7.12. The lowest BCUT2D eigenvalue weighted by molar-refractivity contribution is -0.917. The number of carbonyl (C=O) groups excluding carboxylic acids is 1. The Morgan fingerprint density at radius 3 is 2.39 bits per heavy atom. The van der Waals surface area contributed by atoms with Gasteiger partial charge in [-0.05, 0) is 41.3 Å². The molecule has 0 amide bonds. The Labute approximate surface area is 192 Å². The van der Waals surface area contributed by atoms with Crippen LogP contribution in [0.2, 0.25) is 0 Å². The number of aryl methyl sites for hydroxylation is 1. The maximum Gasteiger partial charge on any atom is 0.349 e. The van der Waals surface area contributed by atoms with Crippen LogP contribution >= 0.6 is 22.7 Å². The number of piperidine rings is 1. The number of likely N-dealkylation sites (tertiary alicyclic amines) is 1. The molecule has 164 valence electrons. The normalized spacial score (nSPS) is 21.7. The summed E-state index contributed by atoms with van der Waals surface area (Å²) in [5, 5.41) is 15.2. The number of benzene rings is 1. The lowest BCUT2D eigenvalue weighted by Crippen LogP contribution is -2.55. The van der Waals surface area contributed by atoms with Gasteiger partial charge in [-0.25, -0.2) is 4.79 Å². The maximum atomic E-state index is 13.3. The van der Waals surface area contributed by atoms with Crippen molar-refractivity contribution in [2.75, 3.05) is 26.7 Å². The zero-order chi connectivity index (χ0) is 21.7. The van der Waals surface area contributed by atoms with E-state index in [1.807, 2.05) is 22.9 Å². The van der Waals surface area contributed by atoms with Gasteiger partial charge in [0.15, 0.2) is 6.10 Å². The van der Waals surface area contributed by atoms with Crippen LogP contribution in [0.1, 0.15) is 34.6 Å². The SMILES string of the molecule is C[N+]1(CCCc2ccccc2)CCC[C@@H](OC(=O)C(O)(c2cccs2)c2cccs2)C1. The first-order chi connectivity index (χ1) is 15.0. The lowest BCUT2D eigenvalue weighted by Gasteiger charge is -2.41. The average Bonchev–Trinajstić information content (AvgIpc) is 3.49. The largest absolute Gasteiger partial charge is 0.454 e. The second kappa shape index (κ2) is 9.65. The number of quaternary nitrogens is 1. The molecule has 1 saturated heterocycles. The highest BCUT2D eigenvalue weighted by Gasteiger charge is 2.46. The smallest absolute Gasteiger partial charge is 0.349 e. The summed E-state index contributed by atoms with van der Waals surface area (Å²) in [5.74, 6) is -0.555. The van der Waals surface area contributed by atoms with Crippen molar-refractivity contribution in [3.8, 4) is 0 Å². The van der Waals surface area contributed by atoms with E-state index in [1.165, 1.54) is 28.2 Å². The Morgan fingerprint density at radius 2 is 1.77 bits per heavy atom. The van der Waals surface area contributed by atoms with E-state index in [1.54, 1.807) is 12.1 Å². The van der Waals surface area contributed by atoms with E-state index in [4.69, 9.17) is 4.74 Å². The quantitative estimate of drug-likeness (QED) is 0.390. The van der Waals surface area contributed by atoms with Crippen molar-refractivity contribution in [1.82, 2.24) is 0 Å². The Bertz CT molecular complexity index is 922. The van der Waals surface area contributed by atoms with Gasteiger partial charge in [-0.2, -0.15) is 0 Å². The first-order valence-corrected chi connectivity index (χ1v) is 12.6. The van der Waals surface area contributed by atoms with Gasteiger partial charge < -0.3 is 14.3 Å². The summed E-state index contributed by atoms with van der Waals surface area (Å²) >= 11 is 2.76. The summed E-state index contributed by atoms with van der Waals surface area (Å²) < 4.78 is 6.88. The molecule has 1 unspecified atom stereocenters. The fourth-order valence-electron chi connectivity index (χ4n) is 4.51. The first kappa shape index (κ1) is 22.2. The van der Waals surface area contributed by atoms with Crippen molar-refractivity contribution in [2.45, 2.75) is 37.4 Å². The summed E-state index contributed by atoms with van der Waals surface area (Å²) in [4.78, 5) is 14.5. The predicted molar refractivity (Wildman–Crippen MR) is 126 cm³/mol. The highest BCUT2D eigenvalue weighted by Crippen LogP contribution is 2.37. The van der Waals surface area contributed by atoms with E-state index >= 15 is 0 Å². The van der Waals surface area contributed by atoms with Crippen molar-refractivity contribution < 1.29 is 19.1 Å². The van der Waals surface area contributed by atoms with Crippen LogP contribution in [0.5, 0.6) is 0 Å². The Balaban J connectivity index is 1.40. The zero-order valence-electron chi connectivity index (χ0n) is 17.9. The van der Waals surface area contributed by atoms with Gasteiger partial charge >= 0.3 is 5.97 Å². The molecule has 2 atom stereocenters. The number of aliphatic hydroxyl groups is 1. The van der Waals surface area contributed by atoms with E-state index in [9.17, 15) is 9.90 Å². The molecular formula is C25H30NO3S2+. The Morgan fingerprint density at radius 1 is 1.10 bits per heavy atom. The molecule has 0 spiro atoms. The van der Waals surface area contributed by atoms with Crippen LogP contribution in [-0.4, -0.2) is 48.3 Å². The minimum absolute atomic E-state index is 0.172. The molecule has 3 heterocycles. The Hall–Kier alpha value is -1.99. The van der Waals surface area contributed by atoms with Crippen molar-refractivity contribution >= 4 is 28.6 Å². The molecule has 1 fully saturated rings. The number of esters is 1. The molecule has 2 aromatic heterocycles. The number of likely N-dealkylation sites (N-methyl/N-ethyl adjacent to an activating group) is 1. The number of hydrogen-bond donors (Lipinski definition) is 1. The van der Waals surface area contributed by atoms with Gasteiger partial charge in [-0.1, -0.05) is 42.5 Å². The molecule has 4 nitrogen and oxygen atoms in total. The van der Waals surface area contributed by atoms with E-state index in [0.717, 1.165) is 49.8 Å². The Kier molecular flexibility index (Phi) is 6.92. The second-order valence-corrected chi connectivity index (χ2v) is 10.6. The molecule has 0 bridgehead atoms. The minimum Gasteiger partial charge on any atom is -0.454 e. The molecule has 31 heavy (non-hydrogen) atoms. The number of nitrogens with zero attached hydrogens (tertiary/aromatic N) is 1. The summed E-state index contributed by atoms with van der Waals surface area (Å²) in [6.07, 6.45) is 3.87. The van der Waals surface area contributed by atoms with Gasteiger partial charge in [0.05, 0.1) is 29.9 Å². The molecule has 1 aromatic carbocycles. The third kappa shape index (κ3) is 5.09.